The molecule has 4 aromatic carbocycles. The fraction of sp³-hybridized carbons (Fsp3) is 0.0333. The quantitative estimate of drug-likeness (QED) is 0.189. The highest BCUT2D eigenvalue weighted by atomic mass is 79.9. The van der Waals surface area contributed by atoms with Gasteiger partial charge in [0.1, 0.15) is 28.8 Å². The number of anilines is 1. The molecule has 6 rings (SSSR count). The van der Waals surface area contributed by atoms with E-state index in [1.165, 1.54) is 17.4 Å². The number of aromatic nitrogens is 1. The number of para-hydroxylation sites is 1. The minimum absolute atomic E-state index is 0.0342. The minimum atomic E-state index is -0.447. The van der Waals surface area contributed by atoms with Crippen LogP contribution in [0.1, 0.15) is 5.56 Å². The summed E-state index contributed by atoms with van der Waals surface area (Å²) >= 11 is 11.0. The standard InChI is InChI=1S/C30H19BrClFN4O3S/c31-20-10-8-19(28(13-20)40-22-5-3-4-21(32)14-22)15-34-37-26(17-41-30(37)36-24-7-2-1-6-23(24)33)18-9-11-27-25(12-18)35-29(38)16-39-27/h1-15,17H,16H2,(H,35,38)/b34-15+,36-30?. The summed E-state index contributed by atoms with van der Waals surface area (Å²) in [5, 5.41) is 10.0. The first-order valence-electron chi connectivity index (χ1n) is 12.3. The Bertz CT molecular complexity index is 1890. The largest absolute Gasteiger partial charge is 0.482 e. The van der Waals surface area contributed by atoms with Crippen molar-refractivity contribution in [3.8, 4) is 28.5 Å². The van der Waals surface area contributed by atoms with E-state index in [-0.39, 0.29) is 18.2 Å². The van der Waals surface area contributed by atoms with Gasteiger partial charge in [0.2, 0.25) is 4.80 Å². The predicted molar refractivity (Wildman–Crippen MR) is 162 cm³/mol. The number of hydrogen-bond acceptors (Lipinski definition) is 6. The molecule has 11 heteroatoms. The molecule has 41 heavy (non-hydrogen) atoms. The number of carbonyl (C=O) groups excluding carboxylic acids is 1. The minimum Gasteiger partial charge on any atom is -0.482 e. The molecule has 0 bridgehead atoms. The van der Waals surface area contributed by atoms with E-state index in [9.17, 15) is 9.18 Å². The van der Waals surface area contributed by atoms with Crippen LogP contribution in [0.2, 0.25) is 5.02 Å². The first-order chi connectivity index (χ1) is 19.9. The van der Waals surface area contributed by atoms with Crippen molar-refractivity contribution < 1.29 is 18.7 Å². The predicted octanol–water partition coefficient (Wildman–Crippen LogP) is 8.01. The molecule has 204 valence electrons. The van der Waals surface area contributed by atoms with Gasteiger partial charge in [0.05, 0.1) is 17.6 Å². The van der Waals surface area contributed by atoms with Gasteiger partial charge in [-0.25, -0.2) is 14.1 Å². The molecule has 5 aromatic rings. The number of ether oxygens (including phenoxy) is 2. The van der Waals surface area contributed by atoms with Crippen LogP contribution in [0.25, 0.3) is 11.3 Å². The lowest BCUT2D eigenvalue weighted by Crippen LogP contribution is -2.25. The SMILES string of the molecule is O=C1COc2ccc(-c3csc(=Nc4ccccc4F)n3/N=C/c3ccc(Br)cc3Oc3cccc(Cl)c3)cc2N1. The van der Waals surface area contributed by atoms with Crippen LogP contribution < -0.4 is 19.6 Å². The Morgan fingerprint density at radius 3 is 2.80 bits per heavy atom. The van der Waals surface area contributed by atoms with E-state index in [1.54, 1.807) is 59.4 Å². The fourth-order valence-electron chi connectivity index (χ4n) is 4.06. The van der Waals surface area contributed by atoms with Crippen molar-refractivity contribution in [2.24, 2.45) is 10.1 Å². The van der Waals surface area contributed by atoms with Crippen molar-refractivity contribution in [1.29, 1.82) is 0 Å². The summed E-state index contributed by atoms with van der Waals surface area (Å²) in [5.74, 6) is 1.01. The smallest absolute Gasteiger partial charge is 0.262 e. The van der Waals surface area contributed by atoms with E-state index in [0.29, 0.717) is 44.0 Å². The molecule has 1 amide bonds. The number of halogens is 3. The molecule has 1 aromatic heterocycles. The fourth-order valence-corrected chi connectivity index (χ4v) is 5.43. The monoisotopic (exact) mass is 648 g/mol. The normalized spacial score (nSPS) is 13.1. The van der Waals surface area contributed by atoms with Crippen LogP contribution in [0.4, 0.5) is 15.8 Å². The zero-order valence-corrected chi connectivity index (χ0v) is 24.2. The zero-order chi connectivity index (χ0) is 28.3. The number of carbonyl (C=O) groups is 1. The molecular weight excluding hydrogens is 631 g/mol. The Hall–Kier alpha value is -4.25. The van der Waals surface area contributed by atoms with Gasteiger partial charge in [-0.15, -0.1) is 11.3 Å². The van der Waals surface area contributed by atoms with Gasteiger partial charge in [0.15, 0.2) is 6.61 Å². The average molecular weight is 650 g/mol. The van der Waals surface area contributed by atoms with E-state index in [1.807, 2.05) is 35.7 Å². The van der Waals surface area contributed by atoms with Gasteiger partial charge in [0, 0.05) is 26.0 Å². The van der Waals surface area contributed by atoms with Gasteiger partial charge >= 0.3 is 0 Å². The van der Waals surface area contributed by atoms with Gasteiger partial charge in [-0.1, -0.05) is 45.7 Å². The maximum atomic E-state index is 14.5. The highest BCUT2D eigenvalue weighted by Gasteiger charge is 2.18. The third-order valence-electron chi connectivity index (χ3n) is 5.97. The molecule has 1 N–H and O–H groups in total. The number of nitrogens with zero attached hydrogens (tertiary/aromatic N) is 3. The molecule has 0 aliphatic carbocycles. The van der Waals surface area contributed by atoms with Crippen molar-refractivity contribution in [3.05, 3.63) is 116 Å². The Labute approximate surface area is 251 Å². The first kappa shape index (κ1) is 26.9. The van der Waals surface area contributed by atoms with Gasteiger partial charge in [-0.05, 0) is 66.7 Å². The van der Waals surface area contributed by atoms with Crippen LogP contribution >= 0.6 is 38.9 Å². The van der Waals surface area contributed by atoms with Crippen LogP contribution in [0.15, 0.2) is 105 Å². The number of amides is 1. The second-order valence-electron chi connectivity index (χ2n) is 8.81. The van der Waals surface area contributed by atoms with Crippen molar-refractivity contribution >= 4 is 62.4 Å². The summed E-state index contributed by atoms with van der Waals surface area (Å²) in [5.41, 5.74) is 2.85. The number of benzene rings is 4. The van der Waals surface area contributed by atoms with Crippen molar-refractivity contribution in [2.75, 3.05) is 11.9 Å². The lowest BCUT2D eigenvalue weighted by atomic mass is 10.1. The third kappa shape index (κ3) is 6.09. The molecule has 0 radical (unpaired) electrons. The van der Waals surface area contributed by atoms with E-state index < -0.39 is 5.82 Å². The van der Waals surface area contributed by atoms with Gasteiger partial charge < -0.3 is 14.8 Å². The Morgan fingerprint density at radius 1 is 1.07 bits per heavy atom. The summed E-state index contributed by atoms with van der Waals surface area (Å²) in [6.07, 6.45) is 1.65. The summed E-state index contributed by atoms with van der Waals surface area (Å²) in [7, 11) is 0. The lowest BCUT2D eigenvalue weighted by molar-refractivity contribution is -0.118. The maximum Gasteiger partial charge on any atom is 0.262 e. The number of nitrogens with one attached hydrogen (secondary N) is 1. The second-order valence-corrected chi connectivity index (χ2v) is 11.0. The number of hydrogen-bond donors (Lipinski definition) is 1. The molecule has 0 atom stereocenters. The van der Waals surface area contributed by atoms with Crippen LogP contribution in [0.5, 0.6) is 17.2 Å². The molecule has 7 nitrogen and oxygen atoms in total. The van der Waals surface area contributed by atoms with Crippen LogP contribution in [-0.4, -0.2) is 23.4 Å². The van der Waals surface area contributed by atoms with E-state index >= 15 is 0 Å². The molecule has 0 saturated carbocycles. The zero-order valence-electron chi connectivity index (χ0n) is 21.1. The Morgan fingerprint density at radius 2 is 1.95 bits per heavy atom. The number of fused-ring (bicyclic) bond motifs is 1. The molecule has 0 unspecified atom stereocenters. The molecule has 1 aliphatic heterocycles. The van der Waals surface area contributed by atoms with Crippen LogP contribution in [-0.2, 0) is 4.79 Å². The highest BCUT2D eigenvalue weighted by Crippen LogP contribution is 2.33. The van der Waals surface area contributed by atoms with Crippen LogP contribution in [0, 0.1) is 5.82 Å². The van der Waals surface area contributed by atoms with E-state index in [2.05, 4.69) is 26.2 Å². The number of rotatable bonds is 6. The van der Waals surface area contributed by atoms with Crippen LogP contribution in [0.3, 0.4) is 0 Å². The first-order valence-corrected chi connectivity index (χ1v) is 14.3. The number of thiazole rings is 1. The maximum absolute atomic E-state index is 14.5. The molecule has 0 saturated heterocycles. The molecule has 0 spiro atoms. The van der Waals surface area contributed by atoms with Crippen molar-refractivity contribution in [1.82, 2.24) is 4.68 Å². The van der Waals surface area contributed by atoms with Crippen molar-refractivity contribution in [3.63, 3.8) is 0 Å². The molecule has 1 aliphatic rings. The van der Waals surface area contributed by atoms with E-state index in [0.717, 1.165) is 10.0 Å². The highest BCUT2D eigenvalue weighted by molar-refractivity contribution is 9.10. The summed E-state index contributed by atoms with van der Waals surface area (Å²) in [6, 6.07) is 24.4. The summed E-state index contributed by atoms with van der Waals surface area (Å²) < 4.78 is 28.6. The molecule has 0 fully saturated rings. The Balaban J connectivity index is 1.45. The second kappa shape index (κ2) is 11.7. The summed E-state index contributed by atoms with van der Waals surface area (Å²) in [4.78, 5) is 16.9. The average Bonchev–Trinajstić information content (AvgIpc) is 3.35. The van der Waals surface area contributed by atoms with Crippen molar-refractivity contribution in [2.45, 2.75) is 0 Å². The van der Waals surface area contributed by atoms with E-state index in [4.69, 9.17) is 26.2 Å². The molecular formula is C30H19BrClFN4O3S. The van der Waals surface area contributed by atoms with Gasteiger partial charge in [0.25, 0.3) is 5.91 Å². The van der Waals surface area contributed by atoms with Gasteiger partial charge in [-0.2, -0.15) is 5.10 Å². The Kier molecular flexibility index (Phi) is 7.69. The van der Waals surface area contributed by atoms with Gasteiger partial charge in [-0.3, -0.25) is 4.79 Å². The lowest BCUT2D eigenvalue weighted by Gasteiger charge is -2.18. The topological polar surface area (TPSA) is 77.2 Å². The molecule has 2 heterocycles. The summed E-state index contributed by atoms with van der Waals surface area (Å²) in [6.45, 7) is -0.0342. The third-order valence-corrected chi connectivity index (χ3v) is 7.52.